The largest absolute Gasteiger partial charge is 0.338 e. The van der Waals surface area contributed by atoms with Gasteiger partial charge < -0.3 is 4.57 Å². The summed E-state index contributed by atoms with van der Waals surface area (Å²) in [5.74, 6) is 1.12. The zero-order valence-corrected chi connectivity index (χ0v) is 23.5. The molecule has 0 atom stereocenters. The van der Waals surface area contributed by atoms with Gasteiger partial charge in [-0.05, 0) is 49.9 Å². The first-order valence-corrected chi connectivity index (χ1v) is 14.4. The van der Waals surface area contributed by atoms with E-state index in [9.17, 15) is 4.79 Å². The summed E-state index contributed by atoms with van der Waals surface area (Å²) in [6, 6.07) is 12.6. The number of rotatable bonds is 9. The van der Waals surface area contributed by atoms with E-state index in [1.54, 1.807) is 17.5 Å². The number of aromatic nitrogens is 6. The number of para-hydroxylation sites is 1. The number of carbonyl (C=O) groups is 1. The number of hydrogen-bond donors (Lipinski definition) is 0. The van der Waals surface area contributed by atoms with Crippen molar-refractivity contribution >= 4 is 17.1 Å². The molecular weight excluding hydrogens is 504 g/mol. The second-order valence-corrected chi connectivity index (χ2v) is 11.3. The summed E-state index contributed by atoms with van der Waals surface area (Å²) in [6.45, 7) is 4.29. The van der Waals surface area contributed by atoms with Gasteiger partial charge in [-0.15, -0.1) is 11.3 Å². The van der Waals surface area contributed by atoms with Gasteiger partial charge >= 0.3 is 0 Å². The third-order valence-electron chi connectivity index (χ3n) is 7.40. The van der Waals surface area contributed by atoms with Crippen LogP contribution in [0.3, 0.4) is 0 Å². The maximum atomic E-state index is 12.9. The van der Waals surface area contributed by atoms with Crippen molar-refractivity contribution in [1.29, 1.82) is 0 Å². The highest BCUT2D eigenvalue weighted by molar-refractivity contribution is 7.15. The molecule has 0 saturated carbocycles. The predicted molar refractivity (Wildman–Crippen MR) is 154 cm³/mol. The summed E-state index contributed by atoms with van der Waals surface area (Å²) >= 11 is 1.64. The fourth-order valence-electron chi connectivity index (χ4n) is 5.32. The van der Waals surface area contributed by atoms with Crippen LogP contribution >= 0.6 is 11.3 Å². The third-order valence-corrected chi connectivity index (χ3v) is 8.50. The lowest BCUT2D eigenvalue weighted by Gasteiger charge is -2.15. The Balaban J connectivity index is 1.36. The molecule has 0 saturated heterocycles. The van der Waals surface area contributed by atoms with Crippen molar-refractivity contribution in [3.05, 3.63) is 88.3 Å². The molecule has 5 aromatic rings. The fraction of sp³-hybridized carbons (Fsp3) is 0.323. The first kappa shape index (κ1) is 25.4. The number of ketones is 1. The topological polar surface area (TPSA) is 78.5 Å². The van der Waals surface area contributed by atoms with Crippen LogP contribution in [0.25, 0.3) is 27.5 Å². The lowest BCUT2D eigenvalue weighted by molar-refractivity contribution is -0.118. The molecule has 198 valence electrons. The Labute approximate surface area is 232 Å². The minimum absolute atomic E-state index is 0.190. The molecule has 0 amide bonds. The summed E-state index contributed by atoms with van der Waals surface area (Å²) in [4.78, 5) is 28.0. The Morgan fingerprint density at radius 1 is 1.08 bits per heavy atom. The van der Waals surface area contributed by atoms with E-state index in [2.05, 4.69) is 59.9 Å². The van der Waals surface area contributed by atoms with E-state index < -0.39 is 0 Å². The normalized spacial score (nSPS) is 12.4. The summed E-state index contributed by atoms with van der Waals surface area (Å²) in [5, 5.41) is 6.06. The van der Waals surface area contributed by atoms with Gasteiger partial charge in [0.05, 0.1) is 34.1 Å². The van der Waals surface area contributed by atoms with Gasteiger partial charge in [0.2, 0.25) is 0 Å². The van der Waals surface area contributed by atoms with Crippen LogP contribution in [0.15, 0.2) is 55.0 Å². The van der Waals surface area contributed by atoms with Crippen LogP contribution in [0.5, 0.6) is 0 Å². The van der Waals surface area contributed by atoms with Crippen LogP contribution in [0.1, 0.15) is 53.1 Å². The van der Waals surface area contributed by atoms with E-state index in [-0.39, 0.29) is 5.78 Å². The smallest absolute Gasteiger partial charge is 0.140 e. The van der Waals surface area contributed by atoms with Crippen LogP contribution < -0.4 is 0 Å². The SMILES string of the molecule is CCCc1ccc(-c2nn(-c3ccccc3C)c3c2CCc2nc(CC(=O)CCc4nccn4C)sc2-3)cn1. The lowest BCUT2D eigenvalue weighted by atomic mass is 9.95. The van der Waals surface area contributed by atoms with Crippen molar-refractivity contribution in [3.8, 4) is 27.5 Å². The standard InChI is InChI=1S/C31H32N6OS/c1-4-7-22-11-10-21(19-33-22)29-24-13-14-25-31(30(24)37(35-29)26-9-6-5-8-20(26)2)39-28(34-25)18-23(38)12-15-27-32-16-17-36(27)3/h5-6,8-11,16-17,19H,4,7,12-15,18H2,1-3H3. The van der Waals surface area contributed by atoms with E-state index in [1.807, 2.05) is 24.0 Å². The minimum Gasteiger partial charge on any atom is -0.338 e. The Kier molecular flexibility index (Phi) is 6.95. The van der Waals surface area contributed by atoms with Crippen molar-refractivity contribution in [2.75, 3.05) is 0 Å². The van der Waals surface area contributed by atoms with Crippen molar-refractivity contribution in [3.63, 3.8) is 0 Å². The van der Waals surface area contributed by atoms with Crippen LogP contribution in [-0.4, -0.2) is 35.1 Å². The second kappa shape index (κ2) is 10.7. The Hall–Kier alpha value is -3.91. The van der Waals surface area contributed by atoms with Crippen LogP contribution in [0.2, 0.25) is 0 Å². The molecule has 0 fully saturated rings. The van der Waals surface area contributed by atoms with Crippen molar-refractivity contribution in [2.24, 2.45) is 7.05 Å². The van der Waals surface area contributed by atoms with Crippen LogP contribution in [-0.2, 0) is 43.9 Å². The zero-order chi connectivity index (χ0) is 26.9. The molecule has 0 aliphatic heterocycles. The number of thiazole rings is 1. The molecule has 1 aliphatic rings. The van der Waals surface area contributed by atoms with E-state index in [0.717, 1.165) is 81.0 Å². The minimum atomic E-state index is 0.190. The van der Waals surface area contributed by atoms with E-state index in [1.165, 1.54) is 5.56 Å². The maximum absolute atomic E-state index is 12.9. The number of imidazole rings is 1. The molecular formula is C31H32N6OS. The first-order valence-electron chi connectivity index (χ1n) is 13.6. The Bertz CT molecular complexity index is 1640. The molecule has 4 heterocycles. The molecule has 8 heteroatoms. The number of hydrogen-bond acceptors (Lipinski definition) is 6. The van der Waals surface area contributed by atoms with Gasteiger partial charge in [0, 0.05) is 55.3 Å². The number of aryl methyl sites for hydroxylation is 5. The number of fused-ring (bicyclic) bond motifs is 3. The van der Waals surface area contributed by atoms with Gasteiger partial charge in [-0.1, -0.05) is 31.5 Å². The summed E-state index contributed by atoms with van der Waals surface area (Å²) in [7, 11) is 1.96. The molecule has 0 unspecified atom stereocenters. The fourth-order valence-corrected chi connectivity index (χ4v) is 6.51. The van der Waals surface area contributed by atoms with Gasteiger partial charge in [0.1, 0.15) is 16.6 Å². The van der Waals surface area contributed by atoms with Crippen LogP contribution in [0.4, 0.5) is 0 Å². The summed E-state index contributed by atoms with van der Waals surface area (Å²) < 4.78 is 4.05. The van der Waals surface area contributed by atoms with Crippen molar-refractivity contribution in [1.82, 2.24) is 29.3 Å². The molecule has 4 aromatic heterocycles. The van der Waals surface area contributed by atoms with E-state index >= 15 is 0 Å². The maximum Gasteiger partial charge on any atom is 0.140 e. The van der Waals surface area contributed by atoms with Gasteiger partial charge in [0.15, 0.2) is 0 Å². The van der Waals surface area contributed by atoms with Gasteiger partial charge in [-0.3, -0.25) is 9.78 Å². The average molecular weight is 537 g/mol. The number of Topliss-reactive ketones (excluding diaryl/α,β-unsaturated/α-hetero) is 1. The monoisotopic (exact) mass is 536 g/mol. The van der Waals surface area contributed by atoms with Crippen molar-refractivity contribution in [2.45, 2.75) is 58.8 Å². The highest BCUT2D eigenvalue weighted by Crippen LogP contribution is 2.43. The molecule has 6 rings (SSSR count). The number of pyridine rings is 1. The number of carbonyl (C=O) groups excluding carboxylic acids is 1. The quantitative estimate of drug-likeness (QED) is 0.235. The second-order valence-electron chi connectivity index (χ2n) is 10.2. The van der Waals surface area contributed by atoms with Crippen LogP contribution in [0, 0.1) is 6.92 Å². The molecule has 0 spiro atoms. The Morgan fingerprint density at radius 2 is 1.95 bits per heavy atom. The molecule has 0 radical (unpaired) electrons. The predicted octanol–water partition coefficient (Wildman–Crippen LogP) is 5.90. The molecule has 0 N–H and O–H groups in total. The highest BCUT2D eigenvalue weighted by Gasteiger charge is 2.30. The summed E-state index contributed by atoms with van der Waals surface area (Å²) in [5.41, 5.74) is 8.74. The van der Waals surface area contributed by atoms with E-state index in [0.29, 0.717) is 19.3 Å². The number of nitrogens with zero attached hydrogens (tertiary/aromatic N) is 6. The molecule has 1 aromatic carbocycles. The summed E-state index contributed by atoms with van der Waals surface area (Å²) in [6.07, 6.45) is 10.9. The van der Waals surface area contributed by atoms with Gasteiger partial charge in [-0.2, -0.15) is 5.10 Å². The third kappa shape index (κ3) is 4.96. The molecule has 0 bridgehead atoms. The highest BCUT2D eigenvalue weighted by atomic mass is 32.1. The van der Waals surface area contributed by atoms with Gasteiger partial charge in [0.25, 0.3) is 0 Å². The first-order chi connectivity index (χ1) is 19.0. The molecule has 7 nitrogen and oxygen atoms in total. The number of benzene rings is 1. The zero-order valence-electron chi connectivity index (χ0n) is 22.6. The molecule has 39 heavy (non-hydrogen) atoms. The van der Waals surface area contributed by atoms with E-state index in [4.69, 9.17) is 15.1 Å². The molecule has 1 aliphatic carbocycles. The van der Waals surface area contributed by atoms with Gasteiger partial charge in [-0.25, -0.2) is 14.6 Å². The lowest BCUT2D eigenvalue weighted by Crippen LogP contribution is -2.07. The average Bonchev–Trinajstić information content (AvgIpc) is 3.64. The Morgan fingerprint density at radius 3 is 2.69 bits per heavy atom. The van der Waals surface area contributed by atoms with Crippen molar-refractivity contribution < 1.29 is 4.79 Å².